The van der Waals surface area contributed by atoms with Gasteiger partial charge in [0.1, 0.15) is 0 Å². The molecule has 3 nitrogen and oxygen atoms in total. The number of anilines is 1. The average Bonchev–Trinajstić information content (AvgIpc) is 2.26. The quantitative estimate of drug-likeness (QED) is 0.739. The molecule has 0 N–H and O–H groups in total. The highest BCUT2D eigenvalue weighted by Crippen LogP contribution is 2.27. The predicted molar refractivity (Wildman–Crippen MR) is 56.1 cm³/mol. The van der Waals surface area contributed by atoms with Crippen LogP contribution in [0.5, 0.6) is 0 Å². The molecule has 1 amide bonds. The monoisotopic (exact) mass is 229 g/mol. The van der Waals surface area contributed by atoms with E-state index in [1.807, 2.05) is 13.8 Å². The van der Waals surface area contributed by atoms with Crippen molar-refractivity contribution in [1.82, 2.24) is 0 Å². The Labute approximate surface area is 92.6 Å². The van der Waals surface area contributed by atoms with Crippen LogP contribution >= 0.6 is 0 Å². The van der Waals surface area contributed by atoms with Gasteiger partial charge in [0.25, 0.3) is 0 Å². The van der Waals surface area contributed by atoms with Gasteiger partial charge in [-0.25, -0.2) is 18.5 Å². The van der Waals surface area contributed by atoms with Crippen molar-refractivity contribution in [1.29, 1.82) is 0 Å². The Morgan fingerprint density at radius 2 is 1.88 bits per heavy atom. The van der Waals surface area contributed by atoms with Crippen LogP contribution in [0.1, 0.15) is 20.8 Å². The summed E-state index contributed by atoms with van der Waals surface area (Å²) in [5, 5.41) is 0. The molecule has 16 heavy (non-hydrogen) atoms. The molecular formula is C11H13F2NO2. The van der Waals surface area contributed by atoms with Gasteiger partial charge in [-0.1, -0.05) is 13.8 Å². The third kappa shape index (κ3) is 2.13. The lowest BCUT2D eigenvalue weighted by Crippen LogP contribution is -2.53. The van der Waals surface area contributed by atoms with Crippen LogP contribution in [-0.2, 0) is 4.74 Å². The van der Waals surface area contributed by atoms with Crippen LogP contribution in [-0.4, -0.2) is 12.3 Å². The number of halogens is 2. The molecule has 0 bridgehead atoms. The van der Waals surface area contributed by atoms with Crippen LogP contribution in [0.3, 0.4) is 0 Å². The van der Waals surface area contributed by atoms with Crippen molar-refractivity contribution in [2.75, 3.05) is 4.90 Å². The van der Waals surface area contributed by atoms with Gasteiger partial charge in [0.05, 0.1) is 5.69 Å². The number of hydrogen-bond acceptors (Lipinski definition) is 2. The summed E-state index contributed by atoms with van der Waals surface area (Å²) in [5.74, 6) is -1.91. The van der Waals surface area contributed by atoms with Crippen molar-refractivity contribution >= 4 is 11.8 Å². The van der Waals surface area contributed by atoms with E-state index in [9.17, 15) is 13.6 Å². The van der Waals surface area contributed by atoms with E-state index in [-0.39, 0.29) is 0 Å². The maximum Gasteiger partial charge on any atom is 0.419 e. The van der Waals surface area contributed by atoms with E-state index >= 15 is 0 Å². The fourth-order valence-electron chi connectivity index (χ4n) is 1.30. The first-order valence-electron chi connectivity index (χ1n) is 5.04. The third-order valence-corrected chi connectivity index (χ3v) is 2.01. The van der Waals surface area contributed by atoms with Crippen LogP contribution in [0.2, 0.25) is 0 Å². The van der Waals surface area contributed by atoms with E-state index in [2.05, 4.69) is 4.74 Å². The first-order valence-corrected chi connectivity index (χ1v) is 5.04. The second-order valence-electron chi connectivity index (χ2n) is 2.95. The zero-order valence-corrected chi connectivity index (χ0v) is 9.33. The van der Waals surface area contributed by atoms with Gasteiger partial charge in [-0.3, -0.25) is 0 Å². The number of carbonyl (C=O) groups excluding carboxylic acids is 1. The molecule has 0 radical (unpaired) electrons. The summed E-state index contributed by atoms with van der Waals surface area (Å²) in [6.45, 7) is 5.64. The summed E-state index contributed by atoms with van der Waals surface area (Å²) in [4.78, 5) is 12.2. The molecule has 1 aliphatic heterocycles. The summed E-state index contributed by atoms with van der Waals surface area (Å²) in [7, 11) is 0. The van der Waals surface area contributed by atoms with Crippen LogP contribution in [0, 0.1) is 11.6 Å². The normalized spacial score (nSPS) is 18.2. The fraction of sp³-hybridized carbons (Fsp3) is 0.364. The number of amides is 1. The van der Waals surface area contributed by atoms with Crippen molar-refractivity contribution in [3.05, 3.63) is 29.8 Å². The predicted octanol–water partition coefficient (Wildman–Crippen LogP) is 3.29. The van der Waals surface area contributed by atoms with Gasteiger partial charge in [0, 0.05) is 6.07 Å². The van der Waals surface area contributed by atoms with Gasteiger partial charge in [-0.05, 0) is 19.1 Å². The Morgan fingerprint density at radius 1 is 1.25 bits per heavy atom. The van der Waals surface area contributed by atoms with Crippen molar-refractivity contribution < 1.29 is 18.3 Å². The average molecular weight is 229 g/mol. The molecule has 1 heterocycles. The molecule has 1 aromatic carbocycles. The van der Waals surface area contributed by atoms with E-state index < -0.39 is 24.0 Å². The highest BCUT2D eigenvalue weighted by atomic mass is 19.2. The van der Waals surface area contributed by atoms with Crippen molar-refractivity contribution in [2.24, 2.45) is 0 Å². The number of cyclic esters (lactones) is 1. The molecule has 1 atom stereocenters. The minimum absolute atomic E-state index is 0.299. The molecule has 88 valence electrons. The lowest BCUT2D eigenvalue weighted by atomic mass is 10.2. The van der Waals surface area contributed by atoms with E-state index in [0.29, 0.717) is 5.69 Å². The van der Waals surface area contributed by atoms with E-state index in [0.717, 1.165) is 12.1 Å². The van der Waals surface area contributed by atoms with Crippen LogP contribution in [0.15, 0.2) is 18.2 Å². The molecule has 0 saturated carbocycles. The zero-order valence-electron chi connectivity index (χ0n) is 9.33. The smallest absolute Gasteiger partial charge is 0.419 e. The molecule has 1 aliphatic rings. The maximum atomic E-state index is 12.8. The summed E-state index contributed by atoms with van der Waals surface area (Å²) < 4.78 is 30.0. The lowest BCUT2D eigenvalue weighted by Gasteiger charge is -2.37. The standard InChI is InChI=1S/C9H7F2NO2.C2H6/c1-5-12(9(13)14-5)6-2-3-7(10)8(11)4-6;1-2/h2-5H,1H3;1-2H3. The molecular weight excluding hydrogens is 216 g/mol. The first-order chi connectivity index (χ1) is 7.59. The minimum Gasteiger partial charge on any atom is -0.425 e. The fourth-order valence-corrected chi connectivity index (χ4v) is 1.30. The Balaban J connectivity index is 0.000000606. The van der Waals surface area contributed by atoms with E-state index in [1.54, 1.807) is 6.92 Å². The van der Waals surface area contributed by atoms with Crippen molar-refractivity contribution in [3.63, 3.8) is 0 Å². The van der Waals surface area contributed by atoms with Gasteiger partial charge in [-0.2, -0.15) is 0 Å². The summed E-state index contributed by atoms with van der Waals surface area (Å²) >= 11 is 0. The minimum atomic E-state index is -0.977. The topological polar surface area (TPSA) is 29.5 Å². The van der Waals surface area contributed by atoms with Crippen molar-refractivity contribution in [2.45, 2.75) is 27.0 Å². The van der Waals surface area contributed by atoms with E-state index in [4.69, 9.17) is 0 Å². The Kier molecular flexibility index (Phi) is 3.82. The number of carbonyl (C=O) groups is 1. The number of nitrogens with zero attached hydrogens (tertiary/aromatic N) is 1. The highest BCUT2D eigenvalue weighted by Gasteiger charge is 2.36. The maximum absolute atomic E-state index is 12.8. The lowest BCUT2D eigenvalue weighted by molar-refractivity contribution is 0.0545. The second-order valence-corrected chi connectivity index (χ2v) is 2.95. The van der Waals surface area contributed by atoms with Gasteiger partial charge < -0.3 is 4.74 Å². The second kappa shape index (κ2) is 4.92. The zero-order chi connectivity index (χ0) is 12.3. The Morgan fingerprint density at radius 3 is 2.31 bits per heavy atom. The van der Waals surface area contributed by atoms with E-state index in [1.165, 1.54) is 11.0 Å². The number of rotatable bonds is 1. The van der Waals surface area contributed by atoms with Crippen LogP contribution < -0.4 is 4.90 Å². The Bertz CT molecular complexity index is 396. The molecule has 0 aliphatic carbocycles. The molecule has 1 unspecified atom stereocenters. The molecule has 2 rings (SSSR count). The van der Waals surface area contributed by atoms with Gasteiger partial charge >= 0.3 is 6.09 Å². The van der Waals surface area contributed by atoms with Gasteiger partial charge in [0.2, 0.25) is 0 Å². The van der Waals surface area contributed by atoms with Crippen LogP contribution in [0.25, 0.3) is 0 Å². The Hall–Kier alpha value is -1.65. The first kappa shape index (κ1) is 12.4. The largest absolute Gasteiger partial charge is 0.425 e. The summed E-state index contributed by atoms with van der Waals surface area (Å²) in [6.07, 6.45) is -0.976. The highest BCUT2D eigenvalue weighted by molar-refractivity contribution is 5.92. The molecule has 5 heteroatoms. The molecule has 1 aromatic rings. The summed E-state index contributed by atoms with van der Waals surface area (Å²) in [6, 6.07) is 3.27. The summed E-state index contributed by atoms with van der Waals surface area (Å²) in [5.41, 5.74) is 0.299. The molecule has 0 aromatic heterocycles. The molecule has 0 spiro atoms. The number of benzene rings is 1. The van der Waals surface area contributed by atoms with Crippen LogP contribution in [0.4, 0.5) is 19.3 Å². The molecule has 1 saturated heterocycles. The number of hydrogen-bond donors (Lipinski definition) is 0. The van der Waals surface area contributed by atoms with Crippen molar-refractivity contribution in [3.8, 4) is 0 Å². The van der Waals surface area contributed by atoms with Gasteiger partial charge in [0.15, 0.2) is 17.9 Å². The molecule has 1 fully saturated rings. The third-order valence-electron chi connectivity index (χ3n) is 2.01. The van der Waals surface area contributed by atoms with Gasteiger partial charge in [-0.15, -0.1) is 0 Å². The SMILES string of the molecule is CC.CC1OC(=O)N1c1ccc(F)c(F)c1. The number of ether oxygens (including phenoxy) is 1.